The standard InChI is InChI=1S/C12H15NO3/c1-4-15-12(14)6-5-9(2)7-11-8-16-10(3)13-11/h5-8H,4H2,1-3H3/b6-5+,9-7+. The summed E-state index contributed by atoms with van der Waals surface area (Å²) in [6, 6.07) is 0. The van der Waals surface area contributed by atoms with Crippen molar-refractivity contribution in [3.63, 3.8) is 0 Å². The van der Waals surface area contributed by atoms with Crippen molar-refractivity contribution >= 4 is 12.0 Å². The zero-order chi connectivity index (χ0) is 12.0. The highest BCUT2D eigenvalue weighted by Gasteiger charge is 1.96. The molecule has 0 fully saturated rings. The molecule has 0 unspecified atom stereocenters. The second-order valence-electron chi connectivity index (χ2n) is 3.27. The van der Waals surface area contributed by atoms with Crippen LogP contribution >= 0.6 is 0 Å². The summed E-state index contributed by atoms with van der Waals surface area (Å²) in [5.41, 5.74) is 1.64. The van der Waals surface area contributed by atoms with Crippen LogP contribution < -0.4 is 0 Å². The molecule has 0 radical (unpaired) electrons. The van der Waals surface area contributed by atoms with Gasteiger partial charge in [-0.05, 0) is 25.5 Å². The first kappa shape index (κ1) is 12.2. The zero-order valence-electron chi connectivity index (χ0n) is 9.69. The molecular formula is C12H15NO3. The van der Waals surface area contributed by atoms with Crippen molar-refractivity contribution in [2.45, 2.75) is 20.8 Å². The van der Waals surface area contributed by atoms with Gasteiger partial charge in [0, 0.05) is 13.0 Å². The molecule has 0 saturated carbocycles. The van der Waals surface area contributed by atoms with Gasteiger partial charge in [-0.3, -0.25) is 0 Å². The molecule has 86 valence electrons. The highest BCUT2D eigenvalue weighted by atomic mass is 16.5. The van der Waals surface area contributed by atoms with Gasteiger partial charge in [0.1, 0.15) is 12.0 Å². The topological polar surface area (TPSA) is 52.3 Å². The molecule has 1 rings (SSSR count). The number of aryl methyl sites for hydroxylation is 1. The fraction of sp³-hybridized carbons (Fsp3) is 0.333. The third-order valence-corrected chi connectivity index (χ3v) is 1.78. The molecular weight excluding hydrogens is 206 g/mol. The Balaban J connectivity index is 2.61. The number of ether oxygens (including phenoxy) is 1. The first-order valence-electron chi connectivity index (χ1n) is 5.07. The maximum Gasteiger partial charge on any atom is 0.330 e. The lowest BCUT2D eigenvalue weighted by atomic mass is 10.2. The number of allylic oxidation sites excluding steroid dienone is 2. The van der Waals surface area contributed by atoms with Crippen molar-refractivity contribution in [3.05, 3.63) is 35.6 Å². The van der Waals surface area contributed by atoms with Gasteiger partial charge in [0.2, 0.25) is 0 Å². The minimum Gasteiger partial charge on any atom is -0.463 e. The lowest BCUT2D eigenvalue weighted by Crippen LogP contribution is -1.98. The number of hydrogen-bond acceptors (Lipinski definition) is 4. The Bertz CT molecular complexity index is 416. The van der Waals surface area contributed by atoms with Gasteiger partial charge < -0.3 is 9.15 Å². The zero-order valence-corrected chi connectivity index (χ0v) is 9.69. The average Bonchev–Trinajstić information content (AvgIpc) is 2.61. The Morgan fingerprint density at radius 3 is 2.88 bits per heavy atom. The normalized spacial score (nSPS) is 12.1. The van der Waals surface area contributed by atoms with Crippen molar-refractivity contribution in [2.75, 3.05) is 6.61 Å². The van der Waals surface area contributed by atoms with Crippen LogP contribution in [0.15, 0.2) is 28.4 Å². The largest absolute Gasteiger partial charge is 0.463 e. The lowest BCUT2D eigenvalue weighted by Gasteiger charge is -1.94. The number of rotatable bonds is 4. The molecule has 0 N–H and O–H groups in total. The fourth-order valence-corrected chi connectivity index (χ4v) is 1.12. The molecule has 0 atom stereocenters. The van der Waals surface area contributed by atoms with Gasteiger partial charge in [0.05, 0.1) is 6.61 Å². The summed E-state index contributed by atoms with van der Waals surface area (Å²) in [6.07, 6.45) is 6.47. The van der Waals surface area contributed by atoms with Crippen LogP contribution in [0.4, 0.5) is 0 Å². The van der Waals surface area contributed by atoms with Crippen LogP contribution in [0.3, 0.4) is 0 Å². The van der Waals surface area contributed by atoms with E-state index in [4.69, 9.17) is 9.15 Å². The Labute approximate surface area is 94.6 Å². The number of hydrogen-bond donors (Lipinski definition) is 0. The van der Waals surface area contributed by atoms with E-state index in [0.717, 1.165) is 11.3 Å². The first-order valence-corrected chi connectivity index (χ1v) is 5.07. The van der Waals surface area contributed by atoms with E-state index in [1.807, 2.05) is 13.0 Å². The van der Waals surface area contributed by atoms with Crippen molar-refractivity contribution in [1.82, 2.24) is 4.98 Å². The van der Waals surface area contributed by atoms with Gasteiger partial charge in [0.15, 0.2) is 5.89 Å². The molecule has 0 aliphatic carbocycles. The molecule has 4 nitrogen and oxygen atoms in total. The SMILES string of the molecule is CCOC(=O)/C=C/C(C)=C/c1coc(C)n1. The van der Waals surface area contributed by atoms with E-state index < -0.39 is 0 Å². The van der Waals surface area contributed by atoms with E-state index in [9.17, 15) is 4.79 Å². The quantitative estimate of drug-likeness (QED) is 0.445. The van der Waals surface area contributed by atoms with Gasteiger partial charge in [-0.2, -0.15) is 0 Å². The fourth-order valence-electron chi connectivity index (χ4n) is 1.12. The van der Waals surface area contributed by atoms with E-state index in [1.165, 1.54) is 6.08 Å². The highest BCUT2D eigenvalue weighted by molar-refractivity contribution is 5.82. The molecule has 0 amide bonds. The summed E-state index contributed by atoms with van der Waals surface area (Å²) in [5, 5.41) is 0. The van der Waals surface area contributed by atoms with Gasteiger partial charge >= 0.3 is 5.97 Å². The molecule has 1 aromatic heterocycles. The summed E-state index contributed by atoms with van der Waals surface area (Å²) < 4.78 is 9.82. The summed E-state index contributed by atoms with van der Waals surface area (Å²) in [5.74, 6) is 0.278. The number of nitrogens with zero attached hydrogens (tertiary/aromatic N) is 1. The first-order chi connectivity index (χ1) is 7.61. The third kappa shape index (κ3) is 4.13. The number of carbonyl (C=O) groups is 1. The van der Waals surface area contributed by atoms with Crippen LogP contribution in [0.1, 0.15) is 25.4 Å². The molecule has 1 aromatic rings. The third-order valence-electron chi connectivity index (χ3n) is 1.78. The van der Waals surface area contributed by atoms with E-state index in [-0.39, 0.29) is 5.97 Å². The van der Waals surface area contributed by atoms with Crippen molar-refractivity contribution in [3.8, 4) is 0 Å². The maximum absolute atomic E-state index is 11.0. The minimum atomic E-state index is -0.341. The molecule has 0 bridgehead atoms. The second kappa shape index (κ2) is 5.90. The van der Waals surface area contributed by atoms with E-state index in [1.54, 1.807) is 26.2 Å². The van der Waals surface area contributed by atoms with Crippen LogP contribution in [0.5, 0.6) is 0 Å². The van der Waals surface area contributed by atoms with Gasteiger partial charge in [-0.1, -0.05) is 6.08 Å². The van der Waals surface area contributed by atoms with Crippen LogP contribution in [-0.2, 0) is 9.53 Å². The summed E-state index contributed by atoms with van der Waals surface area (Å²) >= 11 is 0. The van der Waals surface area contributed by atoms with Crippen LogP contribution in [-0.4, -0.2) is 17.6 Å². The number of esters is 1. The van der Waals surface area contributed by atoms with Gasteiger partial charge in [-0.15, -0.1) is 0 Å². The van der Waals surface area contributed by atoms with Gasteiger partial charge in [0.25, 0.3) is 0 Å². The average molecular weight is 221 g/mol. The van der Waals surface area contributed by atoms with Crippen molar-refractivity contribution in [1.29, 1.82) is 0 Å². The molecule has 0 spiro atoms. The lowest BCUT2D eigenvalue weighted by molar-refractivity contribution is -0.137. The number of oxazole rings is 1. The Morgan fingerprint density at radius 1 is 1.56 bits per heavy atom. The smallest absolute Gasteiger partial charge is 0.330 e. The molecule has 0 aliphatic rings. The Kier molecular flexibility index (Phi) is 4.51. The van der Waals surface area contributed by atoms with Crippen LogP contribution in [0.25, 0.3) is 6.08 Å². The van der Waals surface area contributed by atoms with Crippen LogP contribution in [0.2, 0.25) is 0 Å². The van der Waals surface area contributed by atoms with Gasteiger partial charge in [-0.25, -0.2) is 9.78 Å². The Morgan fingerprint density at radius 2 is 2.31 bits per heavy atom. The van der Waals surface area contributed by atoms with Crippen molar-refractivity contribution in [2.24, 2.45) is 0 Å². The molecule has 0 saturated heterocycles. The molecule has 1 heterocycles. The molecule has 16 heavy (non-hydrogen) atoms. The van der Waals surface area contributed by atoms with E-state index in [2.05, 4.69) is 4.98 Å². The van der Waals surface area contributed by atoms with E-state index in [0.29, 0.717) is 12.5 Å². The predicted molar refractivity (Wildman–Crippen MR) is 60.7 cm³/mol. The molecule has 4 heteroatoms. The predicted octanol–water partition coefficient (Wildman–Crippen LogP) is 2.51. The maximum atomic E-state index is 11.0. The minimum absolute atomic E-state index is 0.341. The molecule has 0 aliphatic heterocycles. The second-order valence-corrected chi connectivity index (χ2v) is 3.27. The summed E-state index contributed by atoms with van der Waals surface area (Å²) in [4.78, 5) is 15.2. The summed E-state index contributed by atoms with van der Waals surface area (Å²) in [6.45, 7) is 5.81. The number of carbonyl (C=O) groups excluding carboxylic acids is 1. The van der Waals surface area contributed by atoms with Crippen LogP contribution in [0, 0.1) is 6.92 Å². The van der Waals surface area contributed by atoms with Crippen molar-refractivity contribution < 1.29 is 13.9 Å². The monoisotopic (exact) mass is 221 g/mol. The number of aromatic nitrogens is 1. The Hall–Kier alpha value is -1.84. The molecule has 0 aromatic carbocycles. The summed E-state index contributed by atoms with van der Waals surface area (Å²) in [7, 11) is 0. The highest BCUT2D eigenvalue weighted by Crippen LogP contribution is 2.07. The van der Waals surface area contributed by atoms with E-state index >= 15 is 0 Å².